The van der Waals surface area contributed by atoms with Crippen molar-refractivity contribution < 1.29 is 13.2 Å². The summed E-state index contributed by atoms with van der Waals surface area (Å²) in [5.41, 5.74) is 0.467. The molecule has 0 atom stereocenters. The zero-order valence-corrected chi connectivity index (χ0v) is 15.5. The van der Waals surface area contributed by atoms with Crippen molar-refractivity contribution in [3.63, 3.8) is 0 Å². The Balaban J connectivity index is 1.91. The van der Waals surface area contributed by atoms with E-state index in [9.17, 15) is 13.2 Å². The van der Waals surface area contributed by atoms with Crippen LogP contribution in [0, 0.1) is 0 Å². The van der Waals surface area contributed by atoms with Crippen LogP contribution < -0.4 is 9.80 Å². The van der Waals surface area contributed by atoms with E-state index in [4.69, 9.17) is 0 Å². The van der Waals surface area contributed by atoms with Crippen LogP contribution in [-0.2, 0) is 6.18 Å². The molecule has 4 nitrogen and oxygen atoms in total. The largest absolute Gasteiger partial charge is 0.416 e. The van der Waals surface area contributed by atoms with Gasteiger partial charge < -0.3 is 19.6 Å². The zero-order chi connectivity index (χ0) is 19.1. The number of hydrogen-bond acceptors (Lipinski definition) is 4. The third kappa shape index (κ3) is 3.76. The van der Waals surface area contributed by atoms with Crippen molar-refractivity contribution in [2.45, 2.75) is 46.0 Å². The lowest BCUT2D eigenvalue weighted by atomic mass is 10.1. The minimum absolute atomic E-state index is 0.294. The average Bonchev–Trinajstić information content (AvgIpc) is 3.23. The lowest BCUT2D eigenvalue weighted by Gasteiger charge is -2.27. The molecular weight excluding hydrogens is 341 g/mol. The fourth-order valence-corrected chi connectivity index (χ4v) is 2.97. The summed E-state index contributed by atoms with van der Waals surface area (Å²) in [6.07, 6.45) is 3.12. The van der Waals surface area contributed by atoms with Gasteiger partial charge >= 0.3 is 6.18 Å². The van der Waals surface area contributed by atoms with Crippen LogP contribution in [0.15, 0.2) is 43.0 Å². The minimum atomic E-state index is -4.38. The van der Waals surface area contributed by atoms with E-state index in [0.717, 1.165) is 0 Å². The van der Waals surface area contributed by atoms with Crippen LogP contribution in [0.3, 0.4) is 0 Å². The van der Waals surface area contributed by atoms with Gasteiger partial charge in [0.05, 0.1) is 18.9 Å². The number of rotatable bonds is 4. The molecule has 7 heteroatoms. The molecule has 0 aliphatic carbocycles. The highest BCUT2D eigenvalue weighted by molar-refractivity contribution is 5.65. The van der Waals surface area contributed by atoms with Gasteiger partial charge in [0.2, 0.25) is 0 Å². The molecule has 26 heavy (non-hydrogen) atoms. The fourth-order valence-electron chi connectivity index (χ4n) is 2.97. The Labute approximate surface area is 152 Å². The van der Waals surface area contributed by atoms with Crippen LogP contribution in [0.25, 0.3) is 0 Å². The Morgan fingerprint density at radius 3 is 1.46 bits per heavy atom. The summed E-state index contributed by atoms with van der Waals surface area (Å²) >= 11 is 0. The molecule has 0 saturated heterocycles. The summed E-state index contributed by atoms with van der Waals surface area (Å²) in [6.45, 7) is 9.32. The maximum atomic E-state index is 13.4. The molecule has 2 aliphatic heterocycles. The Morgan fingerprint density at radius 1 is 0.731 bits per heavy atom. The van der Waals surface area contributed by atoms with E-state index in [0.29, 0.717) is 36.8 Å². The van der Waals surface area contributed by atoms with Crippen LogP contribution >= 0.6 is 0 Å². The van der Waals surface area contributed by atoms with Gasteiger partial charge in [-0.1, -0.05) is 0 Å². The van der Waals surface area contributed by atoms with E-state index >= 15 is 0 Å². The molecule has 0 unspecified atom stereocenters. The highest BCUT2D eigenvalue weighted by atomic mass is 19.4. The van der Waals surface area contributed by atoms with Gasteiger partial charge in [-0.15, -0.1) is 0 Å². The smallest absolute Gasteiger partial charge is 0.356 e. The Kier molecular flexibility index (Phi) is 4.82. The molecule has 3 rings (SSSR count). The molecule has 0 N–H and O–H groups in total. The van der Waals surface area contributed by atoms with Crippen molar-refractivity contribution in [1.29, 1.82) is 0 Å². The molecule has 2 heterocycles. The maximum absolute atomic E-state index is 13.4. The van der Waals surface area contributed by atoms with Gasteiger partial charge in [-0.2, -0.15) is 13.2 Å². The van der Waals surface area contributed by atoms with Crippen LogP contribution in [0.2, 0.25) is 0 Å². The molecule has 2 aliphatic rings. The Hall–Kier alpha value is -2.31. The molecule has 1 aromatic rings. The summed E-state index contributed by atoms with van der Waals surface area (Å²) in [5.74, 6) is 0. The normalized spacial score (nSPS) is 17.6. The summed E-state index contributed by atoms with van der Waals surface area (Å²) in [7, 11) is 0. The first-order valence-electron chi connectivity index (χ1n) is 8.79. The first-order chi connectivity index (χ1) is 12.1. The third-order valence-electron chi connectivity index (χ3n) is 4.73. The van der Waals surface area contributed by atoms with E-state index in [1.54, 1.807) is 0 Å². The zero-order valence-electron chi connectivity index (χ0n) is 15.5. The first-order valence-corrected chi connectivity index (χ1v) is 8.79. The first kappa shape index (κ1) is 18.5. The fraction of sp³-hybridized carbons (Fsp3) is 0.474. The van der Waals surface area contributed by atoms with Crippen molar-refractivity contribution >= 4 is 11.4 Å². The second kappa shape index (κ2) is 6.78. The third-order valence-corrected chi connectivity index (χ3v) is 4.73. The molecule has 0 saturated carbocycles. The number of anilines is 2. The van der Waals surface area contributed by atoms with Crippen LogP contribution in [-0.4, -0.2) is 35.2 Å². The second-order valence-electron chi connectivity index (χ2n) is 7.27. The molecule has 0 aromatic heterocycles. The van der Waals surface area contributed by atoms with Crippen molar-refractivity contribution in [1.82, 2.24) is 9.80 Å². The van der Waals surface area contributed by atoms with E-state index in [2.05, 4.69) is 37.5 Å². The maximum Gasteiger partial charge on any atom is 0.416 e. The van der Waals surface area contributed by atoms with Crippen molar-refractivity contribution in [3.8, 4) is 0 Å². The van der Waals surface area contributed by atoms with E-state index < -0.39 is 11.7 Å². The lowest BCUT2D eigenvalue weighted by Crippen LogP contribution is -2.31. The van der Waals surface area contributed by atoms with Crippen molar-refractivity contribution in [2.24, 2.45) is 0 Å². The quantitative estimate of drug-likeness (QED) is 0.771. The topological polar surface area (TPSA) is 13.0 Å². The van der Waals surface area contributed by atoms with Gasteiger partial charge in [0.15, 0.2) is 0 Å². The standard InChI is InChI=1S/C19H25F3N4/c1-14(2)23-5-7-25(12-23)17-9-16(19(20,21)22)10-18(11-17)26-8-6-24(13-26)15(3)4/h5-11,14-15H,12-13H2,1-4H3. The Bertz CT molecular complexity index is 659. The van der Waals surface area contributed by atoms with E-state index in [-0.39, 0.29) is 0 Å². The van der Waals surface area contributed by atoms with Crippen LogP contribution in [0.5, 0.6) is 0 Å². The number of nitrogens with zero attached hydrogens (tertiary/aromatic N) is 4. The predicted molar refractivity (Wildman–Crippen MR) is 98.4 cm³/mol. The van der Waals surface area contributed by atoms with Gasteiger partial charge in [0.25, 0.3) is 0 Å². The molecule has 0 spiro atoms. The second-order valence-corrected chi connectivity index (χ2v) is 7.27. The van der Waals surface area contributed by atoms with Gasteiger partial charge in [0.1, 0.15) is 0 Å². The van der Waals surface area contributed by atoms with Crippen molar-refractivity contribution in [3.05, 3.63) is 48.6 Å². The lowest BCUT2D eigenvalue weighted by molar-refractivity contribution is -0.137. The minimum Gasteiger partial charge on any atom is -0.356 e. The van der Waals surface area contributed by atoms with E-state index in [1.807, 2.05) is 40.7 Å². The molecule has 142 valence electrons. The van der Waals surface area contributed by atoms with Gasteiger partial charge in [-0.05, 0) is 45.9 Å². The van der Waals surface area contributed by atoms with E-state index in [1.165, 1.54) is 12.1 Å². The van der Waals surface area contributed by atoms with Crippen LogP contribution in [0.4, 0.5) is 24.5 Å². The summed E-state index contributed by atoms with van der Waals surface area (Å²) in [5, 5.41) is 0. The van der Waals surface area contributed by atoms with Gasteiger partial charge in [0, 0.05) is 48.3 Å². The summed E-state index contributed by atoms with van der Waals surface area (Å²) in [6, 6.07) is 4.85. The highest BCUT2D eigenvalue weighted by Crippen LogP contribution is 2.37. The molecular formula is C19H25F3N4. The number of alkyl halides is 3. The monoisotopic (exact) mass is 366 g/mol. The SMILES string of the molecule is CC(C)N1C=CN(c2cc(N3C=CN(C(C)C)C3)cc(C(F)(F)F)c2)C1. The molecule has 0 radical (unpaired) electrons. The molecule has 0 bridgehead atoms. The summed E-state index contributed by atoms with van der Waals surface area (Å²) in [4.78, 5) is 7.85. The van der Waals surface area contributed by atoms with Crippen molar-refractivity contribution in [2.75, 3.05) is 23.1 Å². The van der Waals surface area contributed by atoms with Gasteiger partial charge in [-0.3, -0.25) is 0 Å². The molecule has 1 aromatic carbocycles. The number of halogens is 3. The molecule has 0 amide bonds. The average molecular weight is 366 g/mol. The number of benzene rings is 1. The summed E-state index contributed by atoms with van der Waals surface area (Å²) < 4.78 is 40.3. The Morgan fingerprint density at radius 2 is 1.15 bits per heavy atom. The van der Waals surface area contributed by atoms with Crippen LogP contribution in [0.1, 0.15) is 33.3 Å². The van der Waals surface area contributed by atoms with Gasteiger partial charge in [-0.25, -0.2) is 0 Å². The predicted octanol–water partition coefficient (Wildman–Crippen LogP) is 4.62. The highest BCUT2D eigenvalue weighted by Gasteiger charge is 2.33. The number of hydrogen-bond donors (Lipinski definition) is 0. The molecule has 0 fully saturated rings.